The molecule has 228 valence electrons. The fourth-order valence-electron chi connectivity index (χ4n) is 5.08. The highest BCUT2D eigenvalue weighted by Crippen LogP contribution is 2.49. The van der Waals surface area contributed by atoms with Crippen molar-refractivity contribution in [3.8, 4) is 0 Å². The summed E-state index contributed by atoms with van der Waals surface area (Å²) in [5, 5.41) is 0. The van der Waals surface area contributed by atoms with Crippen molar-refractivity contribution in [2.45, 2.75) is 117 Å². The Bertz CT molecular complexity index is 1000. The Balaban J connectivity index is 0.000000453. The number of rotatable bonds is 18. The van der Waals surface area contributed by atoms with Crippen LogP contribution in [0.2, 0.25) is 0 Å². The minimum absolute atomic E-state index is 1.05. The van der Waals surface area contributed by atoms with Gasteiger partial charge in [0.25, 0.3) is 0 Å². The van der Waals surface area contributed by atoms with Crippen LogP contribution in [0.15, 0.2) is 58.0 Å². The molecule has 0 heterocycles. The van der Waals surface area contributed by atoms with E-state index in [4.69, 9.17) is 4.74 Å². The standard InChI is InChI=1S/C23H42NP.C13H22NP/c1-5-7-8-9-10-11-12-13-14-15-20-25(4,24-3)21-23-18-16-22(6-2)17-19-23;1-5-6-12-7-9-13(10-8-12)11-15(3,4)14-2/h16-19H,5-15,20-21H2,1-4H3;7-10H,5-6,11H2,1-4H3. The Hall–Kier alpha value is -1.10. The molecule has 4 heteroatoms. The van der Waals surface area contributed by atoms with Crippen LogP contribution in [-0.2, 0) is 25.2 Å². The first-order valence-electron chi connectivity index (χ1n) is 16.3. The van der Waals surface area contributed by atoms with Gasteiger partial charge in [0.15, 0.2) is 0 Å². The van der Waals surface area contributed by atoms with Crippen molar-refractivity contribution in [1.82, 2.24) is 0 Å². The van der Waals surface area contributed by atoms with Gasteiger partial charge in [0.05, 0.1) is 0 Å². The second kappa shape index (κ2) is 21.6. The van der Waals surface area contributed by atoms with Crippen LogP contribution >= 0.6 is 14.1 Å². The van der Waals surface area contributed by atoms with Crippen molar-refractivity contribution >= 4 is 14.1 Å². The lowest BCUT2D eigenvalue weighted by molar-refractivity contribution is 0.562. The Morgan fingerprint density at radius 1 is 0.500 bits per heavy atom. The van der Waals surface area contributed by atoms with Gasteiger partial charge in [0.2, 0.25) is 0 Å². The minimum Gasteiger partial charge on any atom is -0.307 e. The van der Waals surface area contributed by atoms with Gasteiger partial charge in [-0.25, -0.2) is 0 Å². The number of hydrogen-bond acceptors (Lipinski definition) is 2. The van der Waals surface area contributed by atoms with E-state index in [1.54, 1.807) is 0 Å². The van der Waals surface area contributed by atoms with Gasteiger partial charge in [0, 0.05) is 26.4 Å². The smallest absolute Gasteiger partial charge is 0.0262 e. The average Bonchev–Trinajstić information content (AvgIpc) is 2.96. The third-order valence-electron chi connectivity index (χ3n) is 8.10. The third-order valence-corrected chi connectivity index (χ3v) is 13.6. The maximum Gasteiger partial charge on any atom is 0.0262 e. The van der Waals surface area contributed by atoms with Crippen LogP contribution in [0.3, 0.4) is 0 Å². The molecule has 0 radical (unpaired) electrons. The maximum atomic E-state index is 4.84. The van der Waals surface area contributed by atoms with Crippen LogP contribution in [0.4, 0.5) is 0 Å². The molecular weight excluding hydrogens is 522 g/mol. The first kappa shape index (κ1) is 36.9. The van der Waals surface area contributed by atoms with Crippen LogP contribution in [-0.4, -0.2) is 40.3 Å². The van der Waals surface area contributed by atoms with Crippen LogP contribution in [0.25, 0.3) is 0 Å². The Labute approximate surface area is 250 Å². The van der Waals surface area contributed by atoms with Crippen molar-refractivity contribution in [2.24, 2.45) is 9.49 Å². The van der Waals surface area contributed by atoms with Gasteiger partial charge >= 0.3 is 0 Å². The van der Waals surface area contributed by atoms with Crippen molar-refractivity contribution in [3.05, 3.63) is 70.8 Å². The molecule has 0 N–H and O–H groups in total. The van der Waals surface area contributed by atoms with Gasteiger partial charge < -0.3 is 9.49 Å². The number of hydrogen-bond donors (Lipinski definition) is 0. The molecule has 1 unspecified atom stereocenters. The highest BCUT2D eigenvalue weighted by atomic mass is 31.2. The van der Waals surface area contributed by atoms with E-state index in [-0.39, 0.29) is 0 Å². The largest absolute Gasteiger partial charge is 0.307 e. The summed E-state index contributed by atoms with van der Waals surface area (Å²) < 4.78 is 9.33. The van der Waals surface area contributed by atoms with Crippen LogP contribution in [0, 0.1) is 0 Å². The van der Waals surface area contributed by atoms with Crippen molar-refractivity contribution < 1.29 is 0 Å². The highest BCUT2D eigenvalue weighted by molar-refractivity contribution is 7.64. The van der Waals surface area contributed by atoms with Gasteiger partial charge in [-0.1, -0.05) is 134 Å². The van der Waals surface area contributed by atoms with Crippen molar-refractivity contribution in [2.75, 3.05) is 40.3 Å². The Kier molecular flexibility index (Phi) is 19.9. The lowest BCUT2D eigenvalue weighted by Gasteiger charge is -2.19. The molecule has 2 aromatic rings. The second-order valence-corrected chi connectivity index (χ2v) is 20.1. The summed E-state index contributed by atoms with van der Waals surface area (Å²) in [6.45, 7) is 13.7. The summed E-state index contributed by atoms with van der Waals surface area (Å²) >= 11 is 0. The lowest BCUT2D eigenvalue weighted by Crippen LogP contribution is -1.95. The van der Waals surface area contributed by atoms with Crippen LogP contribution < -0.4 is 0 Å². The van der Waals surface area contributed by atoms with Gasteiger partial charge in [-0.15, -0.1) is 0 Å². The molecule has 1 atom stereocenters. The van der Waals surface area contributed by atoms with Gasteiger partial charge in [-0.05, 0) is 81.8 Å². The van der Waals surface area contributed by atoms with E-state index in [1.807, 2.05) is 14.1 Å². The molecular formula is C36H64N2P2. The molecule has 0 bridgehead atoms. The average molecular weight is 587 g/mol. The van der Waals surface area contributed by atoms with Crippen molar-refractivity contribution in [1.29, 1.82) is 0 Å². The molecule has 0 saturated heterocycles. The van der Waals surface area contributed by atoms with Gasteiger partial charge in [-0.2, -0.15) is 0 Å². The zero-order valence-corrected chi connectivity index (χ0v) is 29.5. The number of nitrogens with zero attached hydrogens (tertiary/aromatic N) is 2. The molecule has 0 aliphatic heterocycles. The predicted octanol–water partition coefficient (Wildman–Crippen LogP) is 12.4. The second-order valence-electron chi connectivity index (χ2n) is 12.3. The summed E-state index contributed by atoms with van der Waals surface area (Å²) in [6.07, 6.45) is 21.4. The third kappa shape index (κ3) is 17.0. The Morgan fingerprint density at radius 3 is 1.40 bits per heavy atom. The van der Waals surface area contributed by atoms with E-state index in [1.165, 1.54) is 112 Å². The van der Waals surface area contributed by atoms with E-state index in [0.29, 0.717) is 0 Å². The predicted molar refractivity (Wildman–Crippen MR) is 189 cm³/mol. The molecule has 2 nitrogen and oxygen atoms in total. The Morgan fingerprint density at radius 2 is 0.950 bits per heavy atom. The van der Waals surface area contributed by atoms with Crippen LogP contribution in [0.1, 0.15) is 114 Å². The number of unbranched alkanes of at least 4 members (excludes halogenated alkanes) is 9. The summed E-state index contributed by atoms with van der Waals surface area (Å²) in [5.74, 6) is 0. The number of aryl methyl sites for hydroxylation is 2. The topological polar surface area (TPSA) is 24.7 Å². The summed E-state index contributed by atoms with van der Waals surface area (Å²) in [6, 6.07) is 18.3. The summed E-state index contributed by atoms with van der Waals surface area (Å²) in [4.78, 5) is 0. The van der Waals surface area contributed by atoms with Gasteiger partial charge in [-0.3, -0.25) is 0 Å². The molecule has 40 heavy (non-hydrogen) atoms. The zero-order valence-electron chi connectivity index (χ0n) is 27.7. The molecule has 0 aromatic heterocycles. The molecule has 2 rings (SSSR count). The minimum atomic E-state index is -1.14. The first-order valence-corrected chi connectivity index (χ1v) is 21.6. The lowest BCUT2D eigenvalue weighted by atomic mass is 10.1. The fourth-order valence-corrected chi connectivity index (χ4v) is 8.73. The summed E-state index contributed by atoms with van der Waals surface area (Å²) in [5.41, 5.74) is 5.79. The quantitative estimate of drug-likeness (QED) is 0.123. The SMILES string of the molecule is CCCCCCCCCCCCP(C)(Cc1ccc(CC)cc1)=NC.CCCc1ccc(CP(C)(C)=NC)cc1. The van der Waals surface area contributed by atoms with Gasteiger partial charge in [0.1, 0.15) is 0 Å². The van der Waals surface area contributed by atoms with Crippen molar-refractivity contribution in [3.63, 3.8) is 0 Å². The maximum absolute atomic E-state index is 4.84. The fraction of sp³-hybridized carbons (Fsp3) is 0.667. The zero-order chi connectivity index (χ0) is 29.7. The van der Waals surface area contributed by atoms with E-state index in [2.05, 4.69) is 94.0 Å². The summed E-state index contributed by atoms with van der Waals surface area (Å²) in [7, 11) is 1.79. The molecule has 0 aliphatic carbocycles. The van der Waals surface area contributed by atoms with E-state index >= 15 is 0 Å². The van der Waals surface area contributed by atoms with E-state index in [9.17, 15) is 0 Å². The van der Waals surface area contributed by atoms with E-state index < -0.39 is 14.1 Å². The molecule has 0 aliphatic rings. The van der Waals surface area contributed by atoms with E-state index in [0.717, 1.165) is 12.6 Å². The monoisotopic (exact) mass is 586 g/mol. The molecule has 2 aromatic carbocycles. The molecule has 0 fully saturated rings. The normalized spacial score (nSPS) is 12.8. The van der Waals surface area contributed by atoms with Crippen LogP contribution in [0.5, 0.6) is 0 Å². The number of benzene rings is 2. The first-order chi connectivity index (χ1) is 19.2. The highest BCUT2D eigenvalue weighted by Gasteiger charge is 2.13. The molecule has 0 amide bonds. The molecule has 0 spiro atoms. The molecule has 0 saturated carbocycles.